The average Bonchev–Trinajstić information content (AvgIpc) is 2.34. The monoisotopic (exact) mass is 273 g/mol. The summed E-state index contributed by atoms with van der Waals surface area (Å²) in [6.07, 6.45) is 0.413. The minimum atomic E-state index is -1.20. The van der Waals surface area contributed by atoms with Gasteiger partial charge in [-0.05, 0) is 19.3 Å². The molecule has 8 heteroatoms. The molecule has 0 aromatic rings. The summed E-state index contributed by atoms with van der Waals surface area (Å²) >= 11 is 0. The molecule has 0 aromatic heterocycles. The number of piperidine rings is 1. The lowest BCUT2D eigenvalue weighted by molar-refractivity contribution is -0.139. The van der Waals surface area contributed by atoms with Crippen LogP contribution in [-0.2, 0) is 9.59 Å². The van der Waals surface area contributed by atoms with Gasteiger partial charge in [-0.2, -0.15) is 0 Å². The molecule has 0 radical (unpaired) electrons. The van der Waals surface area contributed by atoms with Gasteiger partial charge in [0.2, 0.25) is 5.91 Å². The summed E-state index contributed by atoms with van der Waals surface area (Å²) in [5.74, 6) is -1.81. The number of rotatable bonds is 5. The summed E-state index contributed by atoms with van der Waals surface area (Å²) in [7, 11) is 0. The molecule has 1 aliphatic heterocycles. The summed E-state index contributed by atoms with van der Waals surface area (Å²) < 4.78 is 0. The first kappa shape index (κ1) is 15.2. The second-order valence-corrected chi connectivity index (χ2v) is 4.56. The molecule has 1 saturated heterocycles. The predicted molar refractivity (Wildman–Crippen MR) is 65.2 cm³/mol. The topological polar surface area (TPSA) is 133 Å². The van der Waals surface area contributed by atoms with Gasteiger partial charge in [-0.3, -0.25) is 4.79 Å². The first-order chi connectivity index (χ1) is 8.90. The van der Waals surface area contributed by atoms with E-state index in [0.717, 1.165) is 0 Å². The third kappa shape index (κ3) is 5.12. The van der Waals surface area contributed by atoms with Crippen molar-refractivity contribution in [2.75, 3.05) is 13.1 Å². The Labute approximate surface area is 110 Å². The second kappa shape index (κ2) is 6.93. The first-order valence-corrected chi connectivity index (χ1v) is 6.14. The Bertz CT molecular complexity index is 352. The Morgan fingerprint density at radius 3 is 2.37 bits per heavy atom. The number of primary amides is 1. The Morgan fingerprint density at radius 2 is 1.89 bits per heavy atom. The van der Waals surface area contributed by atoms with E-state index in [0.29, 0.717) is 25.9 Å². The quantitative estimate of drug-likeness (QED) is 0.503. The number of nitrogens with one attached hydrogen (secondary N) is 1. The van der Waals surface area contributed by atoms with E-state index >= 15 is 0 Å². The van der Waals surface area contributed by atoms with Crippen molar-refractivity contribution in [1.82, 2.24) is 10.2 Å². The number of carboxylic acids is 1. The second-order valence-electron chi connectivity index (χ2n) is 4.56. The normalized spacial score (nSPS) is 17.8. The number of amides is 3. The van der Waals surface area contributed by atoms with Crippen LogP contribution in [0.1, 0.15) is 25.7 Å². The van der Waals surface area contributed by atoms with Gasteiger partial charge in [-0.25, -0.2) is 9.59 Å². The van der Waals surface area contributed by atoms with Crippen LogP contribution >= 0.6 is 0 Å². The molecule has 3 amide bonds. The van der Waals surface area contributed by atoms with Gasteiger partial charge in [-0.15, -0.1) is 0 Å². The molecule has 1 atom stereocenters. The van der Waals surface area contributed by atoms with Crippen LogP contribution in [0.4, 0.5) is 4.79 Å². The molecule has 1 rings (SSSR count). The number of aliphatic hydroxyl groups is 1. The van der Waals surface area contributed by atoms with Crippen LogP contribution < -0.4 is 11.1 Å². The summed E-state index contributed by atoms with van der Waals surface area (Å²) in [4.78, 5) is 34.9. The molecule has 0 aromatic carbocycles. The zero-order chi connectivity index (χ0) is 14.4. The Morgan fingerprint density at radius 1 is 1.32 bits per heavy atom. The van der Waals surface area contributed by atoms with E-state index in [9.17, 15) is 19.5 Å². The lowest BCUT2D eigenvalue weighted by Gasteiger charge is -2.30. The third-order valence-electron chi connectivity index (χ3n) is 3.03. The number of carboxylic acid groups (broad SMARTS) is 1. The zero-order valence-electron chi connectivity index (χ0n) is 10.5. The highest BCUT2D eigenvalue weighted by molar-refractivity contribution is 5.83. The fourth-order valence-electron chi connectivity index (χ4n) is 1.85. The van der Waals surface area contributed by atoms with Gasteiger partial charge in [-0.1, -0.05) is 0 Å². The third-order valence-corrected chi connectivity index (χ3v) is 3.03. The fourth-order valence-corrected chi connectivity index (χ4v) is 1.85. The number of aliphatic hydroxyl groups excluding tert-OH is 1. The summed E-state index contributed by atoms with van der Waals surface area (Å²) in [6, 6.07) is -1.63. The molecule has 0 unspecified atom stereocenters. The molecule has 19 heavy (non-hydrogen) atoms. The highest BCUT2D eigenvalue weighted by atomic mass is 16.4. The maximum absolute atomic E-state index is 11.8. The number of hydrogen-bond acceptors (Lipinski definition) is 4. The number of nitrogens with zero attached hydrogens (tertiary/aromatic N) is 1. The fraction of sp³-hybridized carbons (Fsp3) is 0.727. The van der Waals surface area contributed by atoms with Crippen molar-refractivity contribution >= 4 is 17.9 Å². The van der Waals surface area contributed by atoms with Gasteiger partial charge in [0.25, 0.3) is 0 Å². The molecule has 1 fully saturated rings. The first-order valence-electron chi connectivity index (χ1n) is 6.14. The van der Waals surface area contributed by atoms with Gasteiger partial charge < -0.3 is 26.2 Å². The number of carbonyl (C=O) groups is 3. The summed E-state index contributed by atoms with van der Waals surface area (Å²) in [5.41, 5.74) is 4.95. The maximum atomic E-state index is 11.8. The summed E-state index contributed by atoms with van der Waals surface area (Å²) in [6.45, 7) is 0.768. The van der Waals surface area contributed by atoms with Crippen molar-refractivity contribution in [3.63, 3.8) is 0 Å². The zero-order valence-corrected chi connectivity index (χ0v) is 10.5. The van der Waals surface area contributed by atoms with E-state index in [-0.39, 0.29) is 12.8 Å². The van der Waals surface area contributed by atoms with E-state index < -0.39 is 30.1 Å². The van der Waals surface area contributed by atoms with Gasteiger partial charge >= 0.3 is 12.0 Å². The maximum Gasteiger partial charge on any atom is 0.326 e. The molecule has 0 bridgehead atoms. The van der Waals surface area contributed by atoms with Crippen molar-refractivity contribution in [1.29, 1.82) is 0 Å². The van der Waals surface area contributed by atoms with Crippen LogP contribution in [0, 0.1) is 0 Å². The van der Waals surface area contributed by atoms with E-state index in [4.69, 9.17) is 10.8 Å². The molecule has 0 saturated carbocycles. The minimum Gasteiger partial charge on any atom is -0.480 e. The molecule has 0 spiro atoms. The molecule has 108 valence electrons. The largest absolute Gasteiger partial charge is 0.480 e. The van der Waals surface area contributed by atoms with Gasteiger partial charge in [0.1, 0.15) is 6.04 Å². The van der Waals surface area contributed by atoms with Crippen LogP contribution in [-0.4, -0.2) is 58.3 Å². The van der Waals surface area contributed by atoms with Crippen molar-refractivity contribution < 1.29 is 24.6 Å². The van der Waals surface area contributed by atoms with Gasteiger partial charge in [0.05, 0.1) is 6.10 Å². The number of nitrogens with two attached hydrogens (primary N) is 1. The lowest BCUT2D eigenvalue weighted by atomic mass is 10.1. The molecule has 0 aliphatic carbocycles. The molecule has 8 nitrogen and oxygen atoms in total. The number of urea groups is 1. The average molecular weight is 273 g/mol. The Balaban J connectivity index is 2.46. The smallest absolute Gasteiger partial charge is 0.326 e. The van der Waals surface area contributed by atoms with Crippen LogP contribution in [0.5, 0.6) is 0 Å². The van der Waals surface area contributed by atoms with Gasteiger partial charge in [0.15, 0.2) is 0 Å². The lowest BCUT2D eigenvalue weighted by Crippen LogP contribution is -2.50. The van der Waals surface area contributed by atoms with Crippen LogP contribution in [0.3, 0.4) is 0 Å². The SMILES string of the molecule is NC(=O)CC[C@H](NC(=O)N1CCC(O)CC1)C(=O)O. The van der Waals surface area contributed by atoms with Crippen molar-refractivity contribution in [3.8, 4) is 0 Å². The number of aliphatic carboxylic acids is 1. The molecular weight excluding hydrogens is 254 g/mol. The standard InChI is InChI=1S/C11H19N3O5/c12-9(16)2-1-8(10(17)18)13-11(19)14-5-3-7(15)4-6-14/h7-8,15H,1-6H2,(H2,12,16)(H,13,19)(H,17,18)/t8-/m0/s1. The Kier molecular flexibility index (Phi) is 5.56. The van der Waals surface area contributed by atoms with Crippen molar-refractivity contribution in [2.45, 2.75) is 37.8 Å². The van der Waals surface area contributed by atoms with Crippen LogP contribution in [0.15, 0.2) is 0 Å². The van der Waals surface area contributed by atoms with E-state index in [1.807, 2.05) is 0 Å². The van der Waals surface area contributed by atoms with Crippen molar-refractivity contribution in [3.05, 3.63) is 0 Å². The minimum absolute atomic E-state index is 0.0348. The molecular formula is C11H19N3O5. The highest BCUT2D eigenvalue weighted by Gasteiger charge is 2.26. The molecule has 1 aliphatic rings. The van der Waals surface area contributed by atoms with Crippen molar-refractivity contribution in [2.24, 2.45) is 5.73 Å². The highest BCUT2D eigenvalue weighted by Crippen LogP contribution is 2.10. The van der Waals surface area contributed by atoms with E-state index in [1.165, 1.54) is 4.90 Å². The molecule has 5 N–H and O–H groups in total. The van der Waals surface area contributed by atoms with E-state index in [2.05, 4.69) is 5.32 Å². The van der Waals surface area contributed by atoms with E-state index in [1.54, 1.807) is 0 Å². The van der Waals surface area contributed by atoms with Crippen LogP contribution in [0.2, 0.25) is 0 Å². The number of likely N-dealkylation sites (tertiary alicyclic amines) is 1. The summed E-state index contributed by atoms with van der Waals surface area (Å²) in [5, 5.41) is 20.6. The number of carbonyl (C=O) groups excluding carboxylic acids is 2. The van der Waals surface area contributed by atoms with Crippen LogP contribution in [0.25, 0.3) is 0 Å². The number of hydrogen-bond donors (Lipinski definition) is 4. The molecule has 1 heterocycles. The predicted octanol–water partition coefficient (Wildman–Crippen LogP) is -1.13. The van der Waals surface area contributed by atoms with Gasteiger partial charge in [0, 0.05) is 19.5 Å². The Hall–Kier alpha value is -1.83.